The fourth-order valence-corrected chi connectivity index (χ4v) is 8.19. The van der Waals surface area contributed by atoms with Crippen molar-refractivity contribution in [3.05, 3.63) is 211 Å². The quantitative estimate of drug-likeness (QED) is 0.162. The molecular formula is C52H41N. The van der Waals surface area contributed by atoms with Gasteiger partial charge in [0.25, 0.3) is 0 Å². The summed E-state index contributed by atoms with van der Waals surface area (Å²) in [6.45, 7) is 6.95. The molecule has 8 aromatic carbocycles. The summed E-state index contributed by atoms with van der Waals surface area (Å²) in [7, 11) is 0. The van der Waals surface area contributed by atoms with Crippen molar-refractivity contribution in [1.82, 2.24) is 0 Å². The number of hydrogen-bond donors (Lipinski definition) is 0. The van der Waals surface area contributed by atoms with Crippen LogP contribution in [-0.2, 0) is 5.41 Å². The Labute approximate surface area is 313 Å². The van der Waals surface area contributed by atoms with Gasteiger partial charge in [0.15, 0.2) is 0 Å². The largest absolute Gasteiger partial charge is 0.310 e. The Bertz CT molecular complexity index is 2540. The fourth-order valence-electron chi connectivity index (χ4n) is 8.19. The number of benzene rings is 8. The maximum atomic E-state index is 2.47. The van der Waals surface area contributed by atoms with E-state index in [9.17, 15) is 0 Å². The van der Waals surface area contributed by atoms with Crippen molar-refractivity contribution >= 4 is 17.1 Å². The zero-order valence-corrected chi connectivity index (χ0v) is 30.4. The van der Waals surface area contributed by atoms with Gasteiger partial charge in [-0.25, -0.2) is 0 Å². The van der Waals surface area contributed by atoms with Gasteiger partial charge in [-0.05, 0) is 98.0 Å². The molecule has 0 aromatic heterocycles. The van der Waals surface area contributed by atoms with Gasteiger partial charge in [-0.1, -0.05) is 184 Å². The predicted octanol–water partition coefficient (Wildman–Crippen LogP) is 14.4. The topological polar surface area (TPSA) is 3.24 Å². The molecule has 0 saturated heterocycles. The molecule has 0 atom stereocenters. The summed E-state index contributed by atoms with van der Waals surface area (Å²) in [5, 5.41) is 0. The van der Waals surface area contributed by atoms with Crippen molar-refractivity contribution < 1.29 is 0 Å². The molecule has 8 aromatic rings. The highest BCUT2D eigenvalue weighted by molar-refractivity contribution is 5.92. The van der Waals surface area contributed by atoms with Crippen LogP contribution in [0.25, 0.3) is 55.6 Å². The maximum Gasteiger partial charge on any atom is 0.0569 e. The lowest BCUT2D eigenvalue weighted by Crippen LogP contribution is -2.17. The van der Waals surface area contributed by atoms with E-state index in [0.29, 0.717) is 0 Å². The van der Waals surface area contributed by atoms with E-state index in [1.54, 1.807) is 0 Å². The standard InChI is InChI=1S/C52H41N/c1-36-13-12-19-46(43-27-25-40(26-28-43)38-16-8-5-9-17-38)51(36)53(45-33-34-48-47-18-10-11-20-49(47)52(2,3)50(48)35-45)44-31-29-42(30-32-44)41-23-21-39(22-24-41)37-14-6-4-7-15-37/h4-35H,1-3H3. The highest BCUT2D eigenvalue weighted by Crippen LogP contribution is 2.51. The predicted molar refractivity (Wildman–Crippen MR) is 225 cm³/mol. The van der Waals surface area contributed by atoms with E-state index in [2.05, 4.69) is 220 Å². The van der Waals surface area contributed by atoms with Crippen LogP contribution in [-0.4, -0.2) is 0 Å². The molecule has 0 bridgehead atoms. The molecule has 0 N–H and O–H groups in total. The molecule has 0 heterocycles. The van der Waals surface area contributed by atoms with Crippen molar-refractivity contribution in [2.45, 2.75) is 26.2 Å². The van der Waals surface area contributed by atoms with Crippen LogP contribution in [0, 0.1) is 6.92 Å². The zero-order valence-electron chi connectivity index (χ0n) is 30.4. The van der Waals surface area contributed by atoms with Crippen LogP contribution in [0.4, 0.5) is 17.1 Å². The molecule has 0 spiro atoms. The van der Waals surface area contributed by atoms with Crippen LogP contribution < -0.4 is 4.90 Å². The molecule has 0 amide bonds. The lowest BCUT2D eigenvalue weighted by Gasteiger charge is -2.31. The van der Waals surface area contributed by atoms with Gasteiger partial charge in [-0.2, -0.15) is 0 Å². The van der Waals surface area contributed by atoms with Gasteiger partial charge in [0, 0.05) is 22.4 Å². The third-order valence-corrected chi connectivity index (χ3v) is 11.0. The Balaban J connectivity index is 1.16. The number of nitrogens with zero attached hydrogens (tertiary/aromatic N) is 1. The van der Waals surface area contributed by atoms with E-state index in [4.69, 9.17) is 0 Å². The highest BCUT2D eigenvalue weighted by atomic mass is 15.1. The number of fused-ring (bicyclic) bond motifs is 3. The van der Waals surface area contributed by atoms with Crippen molar-refractivity contribution in [3.63, 3.8) is 0 Å². The first-order chi connectivity index (χ1) is 26.0. The summed E-state index contributed by atoms with van der Waals surface area (Å²) in [4.78, 5) is 2.47. The first-order valence-electron chi connectivity index (χ1n) is 18.5. The number of anilines is 3. The van der Waals surface area contributed by atoms with Gasteiger partial charge in [0.2, 0.25) is 0 Å². The minimum absolute atomic E-state index is 0.106. The maximum absolute atomic E-state index is 2.47. The molecular weight excluding hydrogens is 639 g/mol. The smallest absolute Gasteiger partial charge is 0.0569 e. The highest BCUT2D eigenvalue weighted by Gasteiger charge is 2.36. The minimum atomic E-state index is -0.106. The number of aryl methyl sites for hydroxylation is 1. The van der Waals surface area contributed by atoms with Gasteiger partial charge >= 0.3 is 0 Å². The molecule has 0 aliphatic heterocycles. The van der Waals surface area contributed by atoms with Crippen LogP contribution in [0.1, 0.15) is 30.5 Å². The summed E-state index contributed by atoms with van der Waals surface area (Å²) in [5.41, 5.74) is 19.7. The average molecular weight is 680 g/mol. The first-order valence-corrected chi connectivity index (χ1v) is 18.5. The Morgan fingerprint density at radius 2 is 0.774 bits per heavy atom. The summed E-state index contributed by atoms with van der Waals surface area (Å²) in [6, 6.07) is 70.8. The normalized spacial score (nSPS) is 12.6. The molecule has 1 aliphatic rings. The van der Waals surface area contributed by atoms with Crippen molar-refractivity contribution in [3.8, 4) is 55.6 Å². The summed E-state index contributed by atoms with van der Waals surface area (Å²) < 4.78 is 0. The minimum Gasteiger partial charge on any atom is -0.310 e. The molecule has 0 unspecified atom stereocenters. The Morgan fingerprint density at radius 3 is 1.36 bits per heavy atom. The third kappa shape index (κ3) is 5.85. The molecule has 53 heavy (non-hydrogen) atoms. The third-order valence-electron chi connectivity index (χ3n) is 11.0. The van der Waals surface area contributed by atoms with Gasteiger partial charge in [-0.3, -0.25) is 0 Å². The van der Waals surface area contributed by atoms with E-state index in [0.717, 1.165) is 11.4 Å². The molecule has 1 nitrogen and oxygen atoms in total. The molecule has 254 valence electrons. The second-order valence-electron chi connectivity index (χ2n) is 14.6. The van der Waals surface area contributed by atoms with Crippen LogP contribution >= 0.6 is 0 Å². The molecule has 0 radical (unpaired) electrons. The van der Waals surface area contributed by atoms with Crippen LogP contribution in [0.5, 0.6) is 0 Å². The number of para-hydroxylation sites is 1. The summed E-state index contributed by atoms with van der Waals surface area (Å²) in [5.74, 6) is 0. The fraction of sp³-hybridized carbons (Fsp3) is 0.0769. The molecule has 0 saturated carbocycles. The zero-order chi connectivity index (χ0) is 35.9. The number of rotatable bonds is 7. The molecule has 1 heteroatoms. The first kappa shape index (κ1) is 32.5. The van der Waals surface area contributed by atoms with Gasteiger partial charge in [0.05, 0.1) is 5.69 Å². The lowest BCUT2D eigenvalue weighted by atomic mass is 9.82. The van der Waals surface area contributed by atoms with E-state index < -0.39 is 0 Å². The van der Waals surface area contributed by atoms with E-state index in [-0.39, 0.29) is 5.41 Å². The molecule has 1 aliphatic carbocycles. The van der Waals surface area contributed by atoms with Gasteiger partial charge in [-0.15, -0.1) is 0 Å². The van der Waals surface area contributed by atoms with Crippen LogP contribution in [0.15, 0.2) is 194 Å². The SMILES string of the molecule is Cc1cccc(-c2ccc(-c3ccccc3)cc2)c1N(c1ccc(-c2ccc(-c3ccccc3)cc2)cc1)c1ccc2c(c1)C(C)(C)c1ccccc1-2. The Kier molecular flexibility index (Phi) is 8.13. The van der Waals surface area contributed by atoms with Crippen molar-refractivity contribution in [2.75, 3.05) is 4.90 Å². The Hall–Kier alpha value is -6.44. The van der Waals surface area contributed by atoms with Crippen LogP contribution in [0.3, 0.4) is 0 Å². The molecule has 9 rings (SSSR count). The monoisotopic (exact) mass is 679 g/mol. The second kappa shape index (κ2) is 13.3. The van der Waals surface area contributed by atoms with Crippen molar-refractivity contribution in [2.24, 2.45) is 0 Å². The van der Waals surface area contributed by atoms with E-state index >= 15 is 0 Å². The summed E-state index contributed by atoms with van der Waals surface area (Å²) >= 11 is 0. The van der Waals surface area contributed by atoms with E-state index in [1.807, 2.05) is 0 Å². The van der Waals surface area contributed by atoms with Crippen molar-refractivity contribution in [1.29, 1.82) is 0 Å². The molecule has 0 fully saturated rings. The Morgan fingerprint density at radius 1 is 0.340 bits per heavy atom. The van der Waals surface area contributed by atoms with Crippen LogP contribution in [0.2, 0.25) is 0 Å². The van der Waals surface area contributed by atoms with E-state index in [1.165, 1.54) is 78.0 Å². The average Bonchev–Trinajstić information content (AvgIpc) is 3.45. The second-order valence-corrected chi connectivity index (χ2v) is 14.6. The van der Waals surface area contributed by atoms with Gasteiger partial charge in [0.1, 0.15) is 0 Å². The van der Waals surface area contributed by atoms with Gasteiger partial charge < -0.3 is 4.90 Å². The lowest BCUT2D eigenvalue weighted by molar-refractivity contribution is 0.660. The summed E-state index contributed by atoms with van der Waals surface area (Å²) in [6.07, 6.45) is 0. The number of hydrogen-bond acceptors (Lipinski definition) is 1.